The third-order valence-corrected chi connectivity index (χ3v) is 3.76. The predicted molar refractivity (Wildman–Crippen MR) is 87.4 cm³/mol. The quantitative estimate of drug-likeness (QED) is 0.846. The number of carbonyl (C=O) groups excluding carboxylic acids is 1. The molecule has 3 N–H and O–H groups in total. The minimum atomic E-state index is -0.442. The number of amides is 1. The normalized spacial score (nSPS) is 10.2. The van der Waals surface area contributed by atoms with Gasteiger partial charge in [-0.2, -0.15) is 0 Å². The first-order valence-electron chi connectivity index (χ1n) is 6.48. The molecule has 0 radical (unpaired) electrons. The van der Waals surface area contributed by atoms with E-state index in [-0.39, 0.29) is 30.7 Å². The van der Waals surface area contributed by atoms with Crippen LogP contribution in [0.3, 0.4) is 0 Å². The van der Waals surface area contributed by atoms with E-state index < -0.39 is 5.41 Å². The lowest BCUT2D eigenvalue weighted by Gasteiger charge is -2.28. The number of aromatic nitrogens is 1. The van der Waals surface area contributed by atoms with Gasteiger partial charge < -0.3 is 11.1 Å². The fraction of sp³-hybridized carbons (Fsp3) is 0.571. The van der Waals surface area contributed by atoms with Crippen molar-refractivity contribution >= 4 is 30.7 Å². The molecule has 6 heteroatoms. The second-order valence-corrected chi connectivity index (χ2v) is 4.64. The highest BCUT2D eigenvalue weighted by Crippen LogP contribution is 2.25. The topological polar surface area (TPSA) is 68.0 Å². The Balaban J connectivity index is 0. The Morgan fingerprint density at radius 3 is 2.40 bits per heavy atom. The average molecular weight is 322 g/mol. The molecule has 1 aromatic heterocycles. The van der Waals surface area contributed by atoms with E-state index in [9.17, 15) is 4.79 Å². The summed E-state index contributed by atoms with van der Waals surface area (Å²) in [4.78, 5) is 16.5. The van der Waals surface area contributed by atoms with Crippen LogP contribution in [0, 0.1) is 12.3 Å². The van der Waals surface area contributed by atoms with Crippen molar-refractivity contribution < 1.29 is 4.79 Å². The van der Waals surface area contributed by atoms with Gasteiger partial charge in [0.2, 0.25) is 5.91 Å². The number of nitrogens with zero attached hydrogens (tertiary/aromatic N) is 1. The molecule has 1 heterocycles. The smallest absolute Gasteiger partial charge is 0.227 e. The van der Waals surface area contributed by atoms with Crippen LogP contribution in [0.5, 0.6) is 0 Å². The fourth-order valence-corrected chi connectivity index (χ4v) is 2.01. The van der Waals surface area contributed by atoms with E-state index in [2.05, 4.69) is 10.3 Å². The Hall–Kier alpha value is -0.840. The molecular weight excluding hydrogens is 297 g/mol. The molecule has 0 saturated carbocycles. The van der Waals surface area contributed by atoms with Crippen molar-refractivity contribution in [1.29, 1.82) is 0 Å². The minimum absolute atomic E-state index is 0. The summed E-state index contributed by atoms with van der Waals surface area (Å²) >= 11 is 0. The highest BCUT2D eigenvalue weighted by atomic mass is 35.5. The summed E-state index contributed by atoms with van der Waals surface area (Å²) in [5.74, 6) is 0.0278. The lowest BCUT2D eigenvalue weighted by atomic mass is 9.81. The lowest BCUT2D eigenvalue weighted by Crippen LogP contribution is -2.45. The zero-order valence-electron chi connectivity index (χ0n) is 12.3. The molecule has 0 atom stereocenters. The molecule has 0 spiro atoms. The Kier molecular flexibility index (Phi) is 10.7. The Bertz CT molecular complexity index is 401. The summed E-state index contributed by atoms with van der Waals surface area (Å²) in [5.41, 5.74) is 7.30. The van der Waals surface area contributed by atoms with Crippen molar-refractivity contribution in [1.82, 2.24) is 10.3 Å². The maximum atomic E-state index is 12.2. The number of nitrogens with one attached hydrogen (secondary N) is 1. The van der Waals surface area contributed by atoms with E-state index in [1.54, 1.807) is 6.20 Å². The fourth-order valence-electron chi connectivity index (χ4n) is 2.01. The van der Waals surface area contributed by atoms with Crippen molar-refractivity contribution in [3.8, 4) is 0 Å². The van der Waals surface area contributed by atoms with Gasteiger partial charge in [0.25, 0.3) is 0 Å². The van der Waals surface area contributed by atoms with E-state index in [1.165, 1.54) is 0 Å². The van der Waals surface area contributed by atoms with E-state index in [1.807, 2.05) is 32.9 Å². The molecular formula is C14H25Cl2N3O. The molecule has 1 amide bonds. The molecule has 0 unspecified atom stereocenters. The Morgan fingerprint density at radius 2 is 1.95 bits per heavy atom. The molecule has 20 heavy (non-hydrogen) atoms. The van der Waals surface area contributed by atoms with Gasteiger partial charge in [-0.3, -0.25) is 9.78 Å². The first kappa shape index (κ1) is 21.5. The highest BCUT2D eigenvalue weighted by molar-refractivity contribution is 5.85. The van der Waals surface area contributed by atoms with Crippen LogP contribution < -0.4 is 11.1 Å². The van der Waals surface area contributed by atoms with E-state index in [0.29, 0.717) is 13.1 Å². The zero-order valence-corrected chi connectivity index (χ0v) is 13.9. The van der Waals surface area contributed by atoms with Gasteiger partial charge in [-0.15, -0.1) is 24.8 Å². The van der Waals surface area contributed by atoms with Gasteiger partial charge in [0.1, 0.15) is 0 Å². The number of pyridine rings is 1. The molecule has 0 fully saturated rings. The summed E-state index contributed by atoms with van der Waals surface area (Å²) < 4.78 is 0. The van der Waals surface area contributed by atoms with Crippen LogP contribution in [0.2, 0.25) is 0 Å². The third-order valence-electron chi connectivity index (χ3n) is 3.76. The Morgan fingerprint density at radius 1 is 1.35 bits per heavy atom. The monoisotopic (exact) mass is 321 g/mol. The van der Waals surface area contributed by atoms with Crippen LogP contribution in [-0.2, 0) is 11.3 Å². The molecule has 0 bridgehead atoms. The standard InChI is InChI=1S/C14H23N3O.2ClH/c1-4-14(5-2,10-15)13(18)17-9-12-11(3)7-6-8-16-12;;/h6-8H,4-5,9-10,15H2,1-3H3,(H,17,18);2*1H. The number of rotatable bonds is 6. The molecule has 0 aliphatic heterocycles. The van der Waals surface area contributed by atoms with Crippen LogP contribution in [-0.4, -0.2) is 17.4 Å². The number of carbonyl (C=O) groups is 1. The zero-order chi connectivity index (χ0) is 13.6. The molecule has 1 aromatic rings. The maximum absolute atomic E-state index is 12.2. The lowest BCUT2D eigenvalue weighted by molar-refractivity contribution is -0.131. The summed E-state index contributed by atoms with van der Waals surface area (Å²) in [7, 11) is 0. The van der Waals surface area contributed by atoms with Crippen LogP contribution in [0.15, 0.2) is 18.3 Å². The minimum Gasteiger partial charge on any atom is -0.350 e. The molecule has 1 rings (SSSR count). The molecule has 0 aliphatic carbocycles. The van der Waals surface area contributed by atoms with E-state index >= 15 is 0 Å². The van der Waals surface area contributed by atoms with Crippen LogP contribution in [0.1, 0.15) is 37.9 Å². The first-order chi connectivity index (χ1) is 8.59. The predicted octanol–water partition coefficient (Wildman–Crippen LogP) is 2.61. The molecule has 4 nitrogen and oxygen atoms in total. The maximum Gasteiger partial charge on any atom is 0.227 e. The SMILES string of the molecule is CCC(CC)(CN)C(=O)NCc1ncccc1C.Cl.Cl. The molecule has 0 saturated heterocycles. The third kappa shape index (κ3) is 4.93. The van der Waals surface area contributed by atoms with Crippen LogP contribution in [0.4, 0.5) is 0 Å². The van der Waals surface area contributed by atoms with Gasteiger partial charge in [0.15, 0.2) is 0 Å². The summed E-state index contributed by atoms with van der Waals surface area (Å²) in [5, 5.41) is 2.95. The van der Waals surface area contributed by atoms with Crippen molar-refractivity contribution in [2.45, 2.75) is 40.2 Å². The highest BCUT2D eigenvalue weighted by Gasteiger charge is 2.32. The second kappa shape index (κ2) is 9.97. The Labute approximate surface area is 133 Å². The van der Waals surface area contributed by atoms with Crippen LogP contribution >= 0.6 is 24.8 Å². The second-order valence-electron chi connectivity index (χ2n) is 4.64. The summed E-state index contributed by atoms with van der Waals surface area (Å²) in [6, 6.07) is 3.88. The number of nitrogens with two attached hydrogens (primary N) is 1. The first-order valence-corrected chi connectivity index (χ1v) is 6.48. The van der Waals surface area contributed by atoms with Gasteiger partial charge >= 0.3 is 0 Å². The van der Waals surface area contributed by atoms with Gasteiger partial charge in [-0.05, 0) is 31.4 Å². The van der Waals surface area contributed by atoms with Crippen molar-refractivity contribution in [2.24, 2.45) is 11.1 Å². The molecule has 116 valence electrons. The van der Waals surface area contributed by atoms with Crippen molar-refractivity contribution in [2.75, 3.05) is 6.54 Å². The van der Waals surface area contributed by atoms with Gasteiger partial charge in [0, 0.05) is 12.7 Å². The van der Waals surface area contributed by atoms with Gasteiger partial charge in [-0.25, -0.2) is 0 Å². The largest absolute Gasteiger partial charge is 0.350 e. The molecule has 0 aliphatic rings. The van der Waals surface area contributed by atoms with Crippen molar-refractivity contribution in [3.63, 3.8) is 0 Å². The molecule has 0 aromatic carbocycles. The van der Waals surface area contributed by atoms with Crippen LogP contribution in [0.25, 0.3) is 0 Å². The van der Waals surface area contributed by atoms with Crippen molar-refractivity contribution in [3.05, 3.63) is 29.6 Å². The number of aryl methyl sites for hydroxylation is 1. The average Bonchev–Trinajstić information content (AvgIpc) is 2.40. The van der Waals surface area contributed by atoms with Gasteiger partial charge in [-0.1, -0.05) is 19.9 Å². The number of halogens is 2. The summed E-state index contributed by atoms with van der Waals surface area (Å²) in [6.07, 6.45) is 3.25. The summed E-state index contributed by atoms with van der Waals surface area (Å²) in [6.45, 7) is 6.84. The van der Waals surface area contributed by atoms with Gasteiger partial charge in [0.05, 0.1) is 17.7 Å². The van der Waals surface area contributed by atoms with E-state index in [0.717, 1.165) is 24.1 Å². The number of hydrogen-bond acceptors (Lipinski definition) is 3. The number of hydrogen-bond donors (Lipinski definition) is 2. The van der Waals surface area contributed by atoms with E-state index in [4.69, 9.17) is 5.73 Å².